The molecule has 0 saturated heterocycles. The molecule has 1 atom stereocenters. The molecule has 2 heterocycles. The number of carbonyl (C=O) groups excluding carboxylic acids is 2. The Balaban J connectivity index is 1.46. The van der Waals surface area contributed by atoms with E-state index in [0.717, 1.165) is 27.8 Å². The minimum absolute atomic E-state index is 0.0594. The van der Waals surface area contributed by atoms with Crippen molar-refractivity contribution in [3.05, 3.63) is 74.1 Å². The van der Waals surface area contributed by atoms with E-state index in [1.54, 1.807) is 6.07 Å². The van der Waals surface area contributed by atoms with Crippen molar-refractivity contribution in [3.63, 3.8) is 0 Å². The van der Waals surface area contributed by atoms with Crippen molar-refractivity contribution in [2.45, 2.75) is 19.6 Å². The van der Waals surface area contributed by atoms with Gasteiger partial charge in [0.25, 0.3) is 11.6 Å². The molecule has 1 aliphatic heterocycles. The molecule has 158 valence electrons. The minimum atomic E-state index is -1.15. The van der Waals surface area contributed by atoms with Crippen molar-refractivity contribution >= 4 is 46.2 Å². The van der Waals surface area contributed by atoms with Crippen LogP contribution in [0.4, 0.5) is 11.4 Å². The van der Waals surface area contributed by atoms with E-state index in [4.69, 9.17) is 21.1 Å². The highest BCUT2D eigenvalue weighted by Crippen LogP contribution is 2.42. The molecule has 0 bridgehead atoms. The number of nitrogens with one attached hydrogen (secondary N) is 1. The van der Waals surface area contributed by atoms with Crippen molar-refractivity contribution in [2.75, 3.05) is 5.32 Å². The highest BCUT2D eigenvalue weighted by molar-refractivity contribution is 7.17. The first kappa shape index (κ1) is 20.8. The highest BCUT2D eigenvalue weighted by atomic mass is 35.5. The Morgan fingerprint density at radius 1 is 1.26 bits per heavy atom. The van der Waals surface area contributed by atoms with Crippen molar-refractivity contribution in [1.29, 1.82) is 0 Å². The second-order valence-corrected chi connectivity index (χ2v) is 8.17. The van der Waals surface area contributed by atoms with Crippen molar-refractivity contribution in [2.24, 2.45) is 0 Å². The molecule has 8 nitrogen and oxygen atoms in total. The summed E-state index contributed by atoms with van der Waals surface area (Å²) in [7, 11) is 0. The van der Waals surface area contributed by atoms with Crippen LogP contribution in [0.2, 0.25) is 5.02 Å². The van der Waals surface area contributed by atoms with Gasteiger partial charge in [-0.15, -0.1) is 11.3 Å². The van der Waals surface area contributed by atoms with E-state index in [0.29, 0.717) is 11.5 Å². The van der Waals surface area contributed by atoms with Crippen LogP contribution in [0.3, 0.4) is 0 Å². The zero-order valence-electron chi connectivity index (χ0n) is 16.1. The lowest BCUT2D eigenvalue weighted by atomic mass is 10.1. The van der Waals surface area contributed by atoms with Crippen LogP contribution in [-0.4, -0.2) is 22.9 Å². The van der Waals surface area contributed by atoms with Gasteiger partial charge in [0, 0.05) is 28.1 Å². The molecule has 1 N–H and O–H groups in total. The van der Waals surface area contributed by atoms with Gasteiger partial charge in [-0.25, -0.2) is 4.79 Å². The summed E-state index contributed by atoms with van der Waals surface area (Å²) in [5.41, 5.74) is 1.61. The van der Waals surface area contributed by atoms with E-state index in [-0.39, 0.29) is 16.4 Å². The SMILES string of the molecule is CC(OC(=O)c1cc2c(s1)-c1ccccc1OC2)C(=O)Nc1cc([N+](=O)[O-])ccc1Cl. The molecule has 1 aliphatic rings. The standard InChI is InChI=1S/C21H15ClN2O6S/c1-11(20(25)23-16-9-13(24(27)28)6-7-15(16)22)30-21(26)18-8-12-10-29-17-5-3-2-4-14(17)19(12)31-18/h2-9,11H,10H2,1H3,(H,23,25). The van der Waals surface area contributed by atoms with Gasteiger partial charge in [0.15, 0.2) is 6.10 Å². The van der Waals surface area contributed by atoms with Gasteiger partial charge in [-0.2, -0.15) is 0 Å². The van der Waals surface area contributed by atoms with Gasteiger partial charge < -0.3 is 14.8 Å². The van der Waals surface area contributed by atoms with Gasteiger partial charge in [-0.05, 0) is 31.2 Å². The number of amides is 1. The van der Waals surface area contributed by atoms with Crippen molar-refractivity contribution in [1.82, 2.24) is 0 Å². The van der Waals surface area contributed by atoms with Crippen LogP contribution >= 0.6 is 22.9 Å². The van der Waals surface area contributed by atoms with Crippen LogP contribution in [0.1, 0.15) is 22.2 Å². The number of fused-ring (bicyclic) bond motifs is 3. The molecule has 3 aromatic rings. The Labute approximate surface area is 185 Å². The first-order chi connectivity index (χ1) is 14.8. The quantitative estimate of drug-likeness (QED) is 0.325. The highest BCUT2D eigenvalue weighted by Gasteiger charge is 2.26. The summed E-state index contributed by atoms with van der Waals surface area (Å²) in [5.74, 6) is -0.561. The first-order valence-corrected chi connectivity index (χ1v) is 10.3. The number of nitro benzene ring substituents is 1. The predicted octanol–water partition coefficient (Wildman–Crippen LogP) is 5.05. The molecule has 4 rings (SSSR count). The Morgan fingerprint density at radius 2 is 2.03 bits per heavy atom. The van der Waals surface area contributed by atoms with E-state index in [9.17, 15) is 19.7 Å². The lowest BCUT2D eigenvalue weighted by Gasteiger charge is -2.16. The molecular formula is C21H15ClN2O6S. The van der Waals surface area contributed by atoms with Crippen LogP contribution in [0.5, 0.6) is 5.75 Å². The molecule has 1 aromatic heterocycles. The Bertz CT molecular complexity index is 1210. The maximum Gasteiger partial charge on any atom is 0.349 e. The molecular weight excluding hydrogens is 444 g/mol. The lowest BCUT2D eigenvalue weighted by Crippen LogP contribution is -2.29. The largest absolute Gasteiger partial charge is 0.488 e. The number of thiophene rings is 1. The maximum atomic E-state index is 12.6. The number of non-ortho nitro benzene ring substituents is 1. The molecule has 2 aromatic carbocycles. The number of halogens is 1. The fraction of sp³-hybridized carbons (Fsp3) is 0.143. The number of benzene rings is 2. The summed E-state index contributed by atoms with van der Waals surface area (Å²) in [5, 5.41) is 13.5. The van der Waals surface area contributed by atoms with Gasteiger partial charge in [0.2, 0.25) is 0 Å². The average Bonchev–Trinajstić information content (AvgIpc) is 3.20. The molecule has 0 spiro atoms. The number of hydrogen-bond acceptors (Lipinski definition) is 7. The molecule has 10 heteroatoms. The van der Waals surface area contributed by atoms with Crippen LogP contribution in [0.15, 0.2) is 48.5 Å². The summed E-state index contributed by atoms with van der Waals surface area (Å²) in [6, 6.07) is 12.9. The smallest absolute Gasteiger partial charge is 0.349 e. The van der Waals surface area contributed by atoms with E-state index in [1.165, 1.54) is 30.4 Å². The molecule has 0 saturated carbocycles. The fourth-order valence-electron chi connectivity index (χ4n) is 3.03. The van der Waals surface area contributed by atoms with Crippen LogP contribution < -0.4 is 10.1 Å². The molecule has 31 heavy (non-hydrogen) atoms. The zero-order chi connectivity index (χ0) is 22.1. The van der Waals surface area contributed by atoms with E-state index < -0.39 is 22.9 Å². The number of rotatable bonds is 5. The van der Waals surface area contributed by atoms with Gasteiger partial charge in [-0.3, -0.25) is 14.9 Å². The van der Waals surface area contributed by atoms with Gasteiger partial charge in [0.05, 0.1) is 15.6 Å². The number of nitro groups is 1. The van der Waals surface area contributed by atoms with E-state index >= 15 is 0 Å². The number of ether oxygens (including phenoxy) is 2. The number of esters is 1. The summed E-state index contributed by atoms with van der Waals surface area (Å²) in [4.78, 5) is 36.6. The monoisotopic (exact) mass is 458 g/mol. The normalized spacial score (nSPS) is 12.7. The molecule has 0 radical (unpaired) electrons. The van der Waals surface area contributed by atoms with Crippen molar-refractivity contribution in [3.8, 4) is 16.2 Å². The summed E-state index contributed by atoms with van der Waals surface area (Å²) < 4.78 is 11.0. The summed E-state index contributed by atoms with van der Waals surface area (Å²) >= 11 is 7.26. The molecule has 0 aliphatic carbocycles. The number of anilines is 1. The van der Waals surface area contributed by atoms with Gasteiger partial charge in [-0.1, -0.05) is 23.7 Å². The summed E-state index contributed by atoms with van der Waals surface area (Å²) in [6.07, 6.45) is -1.15. The van der Waals surface area contributed by atoms with E-state index in [2.05, 4.69) is 5.32 Å². The third-order valence-corrected chi connectivity index (χ3v) is 6.12. The second-order valence-electron chi connectivity index (χ2n) is 6.71. The fourth-order valence-corrected chi connectivity index (χ4v) is 4.27. The molecule has 1 unspecified atom stereocenters. The summed E-state index contributed by atoms with van der Waals surface area (Å²) in [6.45, 7) is 1.75. The topological polar surface area (TPSA) is 108 Å². The van der Waals surface area contributed by atoms with Crippen LogP contribution in [0, 0.1) is 10.1 Å². The predicted molar refractivity (Wildman–Crippen MR) is 116 cm³/mol. The van der Waals surface area contributed by atoms with Gasteiger partial charge in [0.1, 0.15) is 17.2 Å². The second kappa shape index (κ2) is 8.37. The maximum absolute atomic E-state index is 12.6. The number of hydrogen-bond donors (Lipinski definition) is 1. The Morgan fingerprint density at radius 3 is 2.81 bits per heavy atom. The Kier molecular flexibility index (Phi) is 5.62. The molecule has 0 fully saturated rings. The first-order valence-electron chi connectivity index (χ1n) is 9.14. The third kappa shape index (κ3) is 4.23. The Hall–Kier alpha value is -3.43. The lowest BCUT2D eigenvalue weighted by molar-refractivity contribution is -0.384. The zero-order valence-corrected chi connectivity index (χ0v) is 17.7. The van der Waals surface area contributed by atoms with Crippen LogP contribution in [-0.2, 0) is 16.1 Å². The third-order valence-electron chi connectivity index (χ3n) is 4.60. The number of carbonyl (C=O) groups is 2. The van der Waals surface area contributed by atoms with Gasteiger partial charge >= 0.3 is 5.97 Å². The number of nitrogens with zero attached hydrogens (tertiary/aromatic N) is 1. The van der Waals surface area contributed by atoms with E-state index in [1.807, 2.05) is 24.3 Å². The van der Waals surface area contributed by atoms with Crippen molar-refractivity contribution < 1.29 is 24.0 Å². The molecule has 1 amide bonds. The minimum Gasteiger partial charge on any atom is -0.488 e. The van der Waals surface area contributed by atoms with Crippen LogP contribution in [0.25, 0.3) is 10.4 Å². The average molecular weight is 459 g/mol. The number of para-hydroxylation sites is 1.